The quantitative estimate of drug-likeness (QED) is 0.778. The topological polar surface area (TPSA) is 29.5 Å². The Balaban J connectivity index is 2.69. The fraction of sp³-hybridized carbons (Fsp3) is 0.308. The van der Waals surface area contributed by atoms with Crippen LogP contribution in [0.4, 0.5) is 0 Å². The van der Waals surface area contributed by atoms with Crippen molar-refractivity contribution < 1.29 is 9.53 Å². The number of hydrogen-bond acceptors (Lipinski definition) is 3. The van der Waals surface area contributed by atoms with Gasteiger partial charge in [0.25, 0.3) is 0 Å². The Morgan fingerprint density at radius 2 is 2.06 bits per heavy atom. The normalized spacial score (nSPS) is 12.5. The Hall–Kier alpha value is -1.19. The number of carbonyl (C=O) groups is 1. The van der Waals surface area contributed by atoms with Gasteiger partial charge < -0.3 is 9.64 Å². The molecule has 98 valence electrons. The maximum Gasteiger partial charge on any atom is 0.197 e. The van der Waals surface area contributed by atoms with E-state index < -0.39 is 6.10 Å². The predicted molar refractivity (Wildman–Crippen MR) is 74.4 cm³/mol. The number of ether oxygens (including phenoxy) is 1. The summed E-state index contributed by atoms with van der Waals surface area (Å²) in [5.41, 5.74) is 0. The molecule has 1 atom stereocenters. The molecule has 0 spiro atoms. The molecule has 0 fully saturated rings. The molecule has 0 aliphatic carbocycles. The molecule has 0 aliphatic rings. The zero-order valence-corrected chi connectivity index (χ0v) is 12.0. The van der Waals surface area contributed by atoms with E-state index in [0.717, 1.165) is 0 Å². The Morgan fingerprint density at radius 1 is 1.39 bits per heavy atom. The maximum absolute atomic E-state index is 11.7. The molecule has 0 saturated carbocycles. The predicted octanol–water partition coefficient (Wildman–Crippen LogP) is 3.41. The molecule has 1 aromatic rings. The largest absolute Gasteiger partial charge is 0.481 e. The lowest BCUT2D eigenvalue weighted by Gasteiger charge is -2.13. The minimum Gasteiger partial charge on any atom is -0.481 e. The SMILES string of the molecule is C[C@@H](Oc1ccc(Cl)cc1Cl)C(=O)/C=C/N(C)C. The van der Waals surface area contributed by atoms with Gasteiger partial charge in [-0.2, -0.15) is 0 Å². The first-order chi connectivity index (χ1) is 8.40. The molecule has 0 amide bonds. The van der Waals surface area contributed by atoms with Gasteiger partial charge in [-0.05, 0) is 25.1 Å². The van der Waals surface area contributed by atoms with Gasteiger partial charge in [0, 0.05) is 31.4 Å². The summed E-state index contributed by atoms with van der Waals surface area (Å²) in [6.07, 6.45) is 2.54. The molecule has 3 nitrogen and oxygen atoms in total. The highest BCUT2D eigenvalue weighted by atomic mass is 35.5. The van der Waals surface area contributed by atoms with Crippen LogP contribution in [0.2, 0.25) is 10.0 Å². The highest BCUT2D eigenvalue weighted by molar-refractivity contribution is 6.35. The van der Waals surface area contributed by atoms with Crippen LogP contribution in [0.1, 0.15) is 6.92 Å². The average molecular weight is 288 g/mol. The van der Waals surface area contributed by atoms with E-state index >= 15 is 0 Å². The van der Waals surface area contributed by atoms with Crippen molar-refractivity contribution >= 4 is 29.0 Å². The first-order valence-electron chi connectivity index (χ1n) is 5.40. The van der Waals surface area contributed by atoms with Crippen molar-refractivity contribution in [1.29, 1.82) is 0 Å². The number of benzene rings is 1. The maximum atomic E-state index is 11.7. The molecule has 0 aliphatic heterocycles. The highest BCUT2D eigenvalue weighted by Gasteiger charge is 2.13. The molecular weight excluding hydrogens is 273 g/mol. The van der Waals surface area contributed by atoms with Crippen LogP contribution in [0, 0.1) is 0 Å². The zero-order chi connectivity index (χ0) is 13.7. The summed E-state index contributed by atoms with van der Waals surface area (Å²) >= 11 is 11.7. The number of nitrogens with zero attached hydrogens (tertiary/aromatic N) is 1. The van der Waals surface area contributed by atoms with Gasteiger partial charge in [0.05, 0.1) is 5.02 Å². The van der Waals surface area contributed by atoms with Crippen LogP contribution >= 0.6 is 23.2 Å². The summed E-state index contributed by atoms with van der Waals surface area (Å²) < 4.78 is 5.48. The number of ketones is 1. The molecule has 18 heavy (non-hydrogen) atoms. The van der Waals surface area contributed by atoms with Gasteiger partial charge in [0.1, 0.15) is 5.75 Å². The number of carbonyl (C=O) groups excluding carboxylic acids is 1. The second-order valence-electron chi connectivity index (χ2n) is 4.02. The van der Waals surface area contributed by atoms with Crippen LogP contribution in [0.25, 0.3) is 0 Å². The molecule has 0 radical (unpaired) electrons. The van der Waals surface area contributed by atoms with Gasteiger partial charge in [-0.25, -0.2) is 0 Å². The molecule has 0 saturated heterocycles. The van der Waals surface area contributed by atoms with Gasteiger partial charge in [-0.15, -0.1) is 0 Å². The second-order valence-corrected chi connectivity index (χ2v) is 4.86. The fourth-order valence-electron chi connectivity index (χ4n) is 1.18. The van der Waals surface area contributed by atoms with Gasteiger partial charge >= 0.3 is 0 Å². The molecule has 0 aromatic heterocycles. The van der Waals surface area contributed by atoms with E-state index in [1.807, 2.05) is 14.1 Å². The van der Waals surface area contributed by atoms with E-state index in [-0.39, 0.29) is 5.78 Å². The number of hydrogen-bond donors (Lipinski definition) is 0. The Labute approximate surface area is 117 Å². The van der Waals surface area contributed by atoms with E-state index in [1.165, 1.54) is 6.08 Å². The average Bonchev–Trinajstić information content (AvgIpc) is 2.29. The van der Waals surface area contributed by atoms with Crippen LogP contribution < -0.4 is 4.74 Å². The van der Waals surface area contributed by atoms with Gasteiger partial charge in [-0.3, -0.25) is 4.79 Å². The van der Waals surface area contributed by atoms with E-state index in [0.29, 0.717) is 15.8 Å². The molecule has 0 unspecified atom stereocenters. The standard InChI is InChI=1S/C13H15Cl2NO2/c1-9(12(17)6-7-16(2)3)18-13-5-4-10(14)8-11(13)15/h4-9H,1-3H3/b7-6+/t9-/m1/s1. The first kappa shape index (κ1) is 14.9. The van der Waals surface area contributed by atoms with Crippen LogP contribution in [0.3, 0.4) is 0 Å². The molecular formula is C13H15Cl2NO2. The molecule has 0 heterocycles. The first-order valence-corrected chi connectivity index (χ1v) is 6.16. The van der Waals surface area contributed by atoms with Crippen molar-refractivity contribution in [1.82, 2.24) is 4.90 Å². The summed E-state index contributed by atoms with van der Waals surface area (Å²) in [5, 5.41) is 0.914. The van der Waals surface area contributed by atoms with Crippen molar-refractivity contribution in [3.8, 4) is 5.75 Å². The van der Waals surface area contributed by atoms with E-state index in [9.17, 15) is 4.79 Å². The lowest BCUT2D eigenvalue weighted by Crippen LogP contribution is -2.22. The van der Waals surface area contributed by atoms with E-state index in [1.54, 1.807) is 36.2 Å². The summed E-state index contributed by atoms with van der Waals surface area (Å²) in [4.78, 5) is 13.5. The summed E-state index contributed by atoms with van der Waals surface area (Å²) in [6.45, 7) is 1.67. The molecule has 5 heteroatoms. The van der Waals surface area contributed by atoms with Crippen LogP contribution in [-0.2, 0) is 4.79 Å². The van der Waals surface area contributed by atoms with Crippen molar-refractivity contribution in [2.45, 2.75) is 13.0 Å². The fourth-order valence-corrected chi connectivity index (χ4v) is 1.63. The molecule has 1 rings (SSSR count). The van der Waals surface area contributed by atoms with Crippen LogP contribution in [0.5, 0.6) is 5.75 Å². The van der Waals surface area contributed by atoms with Gasteiger partial charge in [0.2, 0.25) is 0 Å². The number of halogens is 2. The third-order valence-corrected chi connectivity index (χ3v) is 2.67. The lowest BCUT2D eigenvalue weighted by molar-refractivity contribution is -0.120. The van der Waals surface area contributed by atoms with Crippen molar-refractivity contribution in [3.05, 3.63) is 40.5 Å². The zero-order valence-electron chi connectivity index (χ0n) is 10.5. The molecule has 1 aromatic carbocycles. The smallest absolute Gasteiger partial charge is 0.197 e. The Morgan fingerprint density at radius 3 is 2.61 bits per heavy atom. The van der Waals surface area contributed by atoms with E-state index in [2.05, 4.69) is 0 Å². The van der Waals surface area contributed by atoms with E-state index in [4.69, 9.17) is 27.9 Å². The molecule has 0 N–H and O–H groups in total. The Bertz CT molecular complexity index is 458. The van der Waals surface area contributed by atoms with Gasteiger partial charge in [0.15, 0.2) is 11.9 Å². The Kier molecular flexibility index (Phi) is 5.51. The van der Waals surface area contributed by atoms with Crippen molar-refractivity contribution in [2.75, 3.05) is 14.1 Å². The van der Waals surface area contributed by atoms with Gasteiger partial charge in [-0.1, -0.05) is 23.2 Å². The van der Waals surface area contributed by atoms with Crippen molar-refractivity contribution in [2.24, 2.45) is 0 Å². The summed E-state index contributed by atoms with van der Waals surface area (Å²) in [6, 6.07) is 4.88. The monoisotopic (exact) mass is 287 g/mol. The minimum atomic E-state index is -0.597. The third-order valence-electron chi connectivity index (χ3n) is 2.14. The van der Waals surface area contributed by atoms with Crippen LogP contribution in [-0.4, -0.2) is 30.9 Å². The minimum absolute atomic E-state index is 0.130. The molecule has 0 bridgehead atoms. The summed E-state index contributed by atoms with van der Waals surface area (Å²) in [5.74, 6) is 0.315. The van der Waals surface area contributed by atoms with Crippen molar-refractivity contribution in [3.63, 3.8) is 0 Å². The lowest BCUT2D eigenvalue weighted by atomic mass is 10.2. The highest BCUT2D eigenvalue weighted by Crippen LogP contribution is 2.28. The second kappa shape index (κ2) is 6.66. The number of rotatable bonds is 5. The summed E-state index contributed by atoms with van der Waals surface area (Å²) in [7, 11) is 3.68. The van der Waals surface area contributed by atoms with Crippen LogP contribution in [0.15, 0.2) is 30.5 Å². The third kappa shape index (κ3) is 4.59.